The Hall–Kier alpha value is -2.25. The van der Waals surface area contributed by atoms with Crippen molar-refractivity contribution in [2.24, 2.45) is 5.92 Å². The lowest BCUT2D eigenvalue weighted by molar-refractivity contribution is 0.0924. The SMILES string of the molecule is C#Cc1cc2ccc(C(=O)NC3CN4CCC3C4)cn2c1. The smallest absolute Gasteiger partial charge is 0.253 e. The standard InChI is InChI=1S/C17H17N3O/c1-2-12-7-15-4-3-14(10-20(15)8-12)17(21)18-16-11-19-6-5-13(16)9-19/h1,3-4,7-8,10,13,16H,5-6,9,11H2,(H,18,21). The van der Waals surface area contributed by atoms with Crippen molar-refractivity contribution in [2.75, 3.05) is 19.6 Å². The van der Waals surface area contributed by atoms with Crippen LogP contribution in [0.25, 0.3) is 5.52 Å². The molecule has 3 unspecified atom stereocenters. The van der Waals surface area contributed by atoms with Crippen molar-refractivity contribution in [1.29, 1.82) is 0 Å². The van der Waals surface area contributed by atoms with Crippen molar-refractivity contribution in [3.63, 3.8) is 0 Å². The maximum absolute atomic E-state index is 12.4. The molecule has 4 nitrogen and oxygen atoms in total. The van der Waals surface area contributed by atoms with Gasteiger partial charge in [-0.25, -0.2) is 0 Å². The Morgan fingerprint density at radius 1 is 1.33 bits per heavy atom. The minimum Gasteiger partial charge on any atom is -0.348 e. The van der Waals surface area contributed by atoms with Crippen LogP contribution in [0.2, 0.25) is 0 Å². The third kappa shape index (κ3) is 2.10. The van der Waals surface area contributed by atoms with Crippen LogP contribution in [-0.4, -0.2) is 40.9 Å². The zero-order valence-electron chi connectivity index (χ0n) is 11.7. The normalized spacial score (nSPS) is 26.9. The second kappa shape index (κ2) is 4.64. The van der Waals surface area contributed by atoms with E-state index in [0.29, 0.717) is 17.5 Å². The van der Waals surface area contributed by atoms with Crippen LogP contribution in [0.15, 0.2) is 30.6 Å². The van der Waals surface area contributed by atoms with E-state index in [1.165, 1.54) is 13.0 Å². The Labute approximate surface area is 123 Å². The fourth-order valence-corrected chi connectivity index (χ4v) is 3.52. The number of nitrogens with zero attached hydrogens (tertiary/aromatic N) is 2. The number of aromatic nitrogens is 1. The summed E-state index contributed by atoms with van der Waals surface area (Å²) >= 11 is 0. The zero-order valence-corrected chi connectivity index (χ0v) is 11.7. The molecule has 1 N–H and O–H groups in total. The molecule has 3 atom stereocenters. The number of terminal acetylenes is 1. The van der Waals surface area contributed by atoms with Gasteiger partial charge >= 0.3 is 0 Å². The van der Waals surface area contributed by atoms with Crippen LogP contribution in [-0.2, 0) is 0 Å². The molecule has 0 radical (unpaired) electrons. The minimum atomic E-state index is 0.00612. The quantitative estimate of drug-likeness (QED) is 0.843. The molecule has 2 aliphatic heterocycles. The van der Waals surface area contributed by atoms with Gasteiger partial charge in [-0.3, -0.25) is 4.79 Å². The first-order chi connectivity index (χ1) is 10.2. The van der Waals surface area contributed by atoms with E-state index in [9.17, 15) is 4.79 Å². The number of fused-ring (bicyclic) bond motifs is 3. The Bertz CT molecular complexity index is 755. The van der Waals surface area contributed by atoms with Gasteiger partial charge in [-0.05, 0) is 37.1 Å². The van der Waals surface area contributed by atoms with Gasteiger partial charge in [0.05, 0.1) is 5.56 Å². The van der Waals surface area contributed by atoms with Gasteiger partial charge in [0, 0.05) is 42.6 Å². The molecule has 2 aromatic heterocycles. The van der Waals surface area contributed by atoms with Gasteiger partial charge in [0.25, 0.3) is 5.91 Å². The van der Waals surface area contributed by atoms with Crippen LogP contribution in [0, 0.1) is 18.3 Å². The molecule has 0 aliphatic carbocycles. The predicted molar refractivity (Wildman–Crippen MR) is 81.1 cm³/mol. The molecule has 2 aromatic rings. The highest BCUT2D eigenvalue weighted by molar-refractivity contribution is 5.94. The first-order valence-corrected chi connectivity index (χ1v) is 7.34. The van der Waals surface area contributed by atoms with Gasteiger partial charge in [-0.1, -0.05) is 5.92 Å². The van der Waals surface area contributed by atoms with Crippen molar-refractivity contribution < 1.29 is 4.79 Å². The minimum absolute atomic E-state index is 0.00612. The molecular weight excluding hydrogens is 262 g/mol. The summed E-state index contributed by atoms with van der Waals surface area (Å²) in [6, 6.07) is 6.02. The number of amides is 1. The summed E-state index contributed by atoms with van der Waals surface area (Å²) in [6.07, 6.45) is 10.3. The molecule has 4 rings (SSSR count). The summed E-state index contributed by atoms with van der Waals surface area (Å²) in [5.74, 6) is 3.24. The highest BCUT2D eigenvalue weighted by Gasteiger charge is 2.38. The Balaban J connectivity index is 1.55. The maximum Gasteiger partial charge on any atom is 0.253 e. The van der Waals surface area contributed by atoms with Crippen LogP contribution in [0.3, 0.4) is 0 Å². The summed E-state index contributed by atoms with van der Waals surface area (Å²) in [4.78, 5) is 14.8. The highest BCUT2D eigenvalue weighted by atomic mass is 16.1. The zero-order chi connectivity index (χ0) is 14.4. The number of carbonyl (C=O) groups excluding carboxylic acids is 1. The summed E-state index contributed by atoms with van der Waals surface area (Å²) in [7, 11) is 0. The number of pyridine rings is 1. The molecule has 4 heteroatoms. The average molecular weight is 279 g/mol. The van der Waals surface area contributed by atoms with Crippen molar-refractivity contribution >= 4 is 11.4 Å². The van der Waals surface area contributed by atoms with Crippen LogP contribution >= 0.6 is 0 Å². The van der Waals surface area contributed by atoms with Gasteiger partial charge < -0.3 is 14.6 Å². The summed E-state index contributed by atoms with van der Waals surface area (Å²) in [6.45, 7) is 3.30. The molecule has 106 valence electrons. The molecule has 2 fully saturated rings. The summed E-state index contributed by atoms with van der Waals surface area (Å²) in [5.41, 5.74) is 2.51. The largest absolute Gasteiger partial charge is 0.348 e. The van der Waals surface area contributed by atoms with E-state index in [1.54, 1.807) is 0 Å². The maximum atomic E-state index is 12.4. The van der Waals surface area contributed by atoms with E-state index in [1.807, 2.05) is 35.0 Å². The lowest BCUT2D eigenvalue weighted by atomic mass is 10.00. The molecule has 2 saturated heterocycles. The number of rotatable bonds is 2. The van der Waals surface area contributed by atoms with Gasteiger partial charge in [-0.2, -0.15) is 0 Å². The summed E-state index contributed by atoms with van der Waals surface area (Å²) < 4.78 is 1.91. The van der Waals surface area contributed by atoms with Crippen molar-refractivity contribution in [2.45, 2.75) is 12.5 Å². The molecule has 1 amide bonds. The number of nitrogens with one attached hydrogen (secondary N) is 1. The van der Waals surface area contributed by atoms with E-state index < -0.39 is 0 Å². The number of carbonyl (C=O) groups is 1. The Kier molecular flexibility index (Phi) is 2.76. The Morgan fingerprint density at radius 2 is 2.24 bits per heavy atom. The number of piperidine rings is 1. The first-order valence-electron chi connectivity index (χ1n) is 7.34. The fraction of sp³-hybridized carbons (Fsp3) is 0.353. The van der Waals surface area contributed by atoms with Crippen molar-refractivity contribution in [1.82, 2.24) is 14.6 Å². The van der Waals surface area contributed by atoms with Crippen molar-refractivity contribution in [3.05, 3.63) is 41.7 Å². The third-order valence-corrected chi connectivity index (χ3v) is 4.67. The highest BCUT2D eigenvalue weighted by Crippen LogP contribution is 2.27. The van der Waals surface area contributed by atoms with Crippen LogP contribution in [0.1, 0.15) is 22.3 Å². The lowest BCUT2D eigenvalue weighted by Gasteiger charge is -2.23. The van der Waals surface area contributed by atoms with E-state index in [4.69, 9.17) is 6.42 Å². The van der Waals surface area contributed by atoms with Crippen molar-refractivity contribution in [3.8, 4) is 12.3 Å². The second-order valence-electron chi connectivity index (χ2n) is 6.01. The first kappa shape index (κ1) is 12.5. The fourth-order valence-electron chi connectivity index (χ4n) is 3.52. The third-order valence-electron chi connectivity index (χ3n) is 4.67. The number of hydrogen-bond donors (Lipinski definition) is 1. The molecule has 2 bridgehead atoms. The molecular formula is C17H17N3O. The van der Waals surface area contributed by atoms with E-state index in [-0.39, 0.29) is 5.91 Å². The summed E-state index contributed by atoms with van der Waals surface area (Å²) in [5, 5.41) is 3.18. The molecule has 2 aliphatic rings. The molecule has 0 saturated carbocycles. The monoisotopic (exact) mass is 279 g/mol. The van der Waals surface area contributed by atoms with Gasteiger partial charge in [0.1, 0.15) is 0 Å². The van der Waals surface area contributed by atoms with E-state index >= 15 is 0 Å². The van der Waals surface area contributed by atoms with Gasteiger partial charge in [-0.15, -0.1) is 6.42 Å². The van der Waals surface area contributed by atoms with Gasteiger partial charge in [0.15, 0.2) is 0 Å². The van der Waals surface area contributed by atoms with Crippen LogP contribution < -0.4 is 5.32 Å². The molecule has 0 spiro atoms. The molecule has 0 aromatic carbocycles. The molecule has 21 heavy (non-hydrogen) atoms. The lowest BCUT2D eigenvalue weighted by Crippen LogP contribution is -2.43. The van der Waals surface area contributed by atoms with Crippen LogP contribution in [0.4, 0.5) is 0 Å². The molecule has 4 heterocycles. The van der Waals surface area contributed by atoms with Crippen LogP contribution in [0.5, 0.6) is 0 Å². The topological polar surface area (TPSA) is 36.8 Å². The van der Waals surface area contributed by atoms with E-state index in [2.05, 4.69) is 16.1 Å². The predicted octanol–water partition coefficient (Wildman–Crippen LogP) is 1.35. The number of hydrogen-bond acceptors (Lipinski definition) is 2. The van der Waals surface area contributed by atoms with Gasteiger partial charge in [0.2, 0.25) is 0 Å². The van der Waals surface area contributed by atoms with E-state index in [0.717, 1.165) is 24.2 Å². The Morgan fingerprint density at radius 3 is 2.95 bits per heavy atom. The average Bonchev–Trinajstić information content (AvgIpc) is 3.20. The second-order valence-corrected chi connectivity index (χ2v) is 6.01.